The molecule has 0 unspecified atom stereocenters. The van der Waals surface area contributed by atoms with Crippen molar-refractivity contribution in [1.82, 2.24) is 34.4 Å². The van der Waals surface area contributed by atoms with Gasteiger partial charge in [0, 0.05) is 32.0 Å². The highest BCUT2D eigenvalue weighted by Gasteiger charge is 2.44. The average Bonchev–Trinajstić information content (AvgIpc) is 3.28. The number of ether oxygens (including phenoxy) is 2. The Balaban J connectivity index is 1.44. The van der Waals surface area contributed by atoms with Crippen molar-refractivity contribution in [3.63, 3.8) is 0 Å². The molecule has 7 N–H and O–H groups in total. The summed E-state index contributed by atoms with van der Waals surface area (Å²) in [5, 5.41) is 24.1. The summed E-state index contributed by atoms with van der Waals surface area (Å²) >= 11 is 0. The molecule has 14 heteroatoms. The van der Waals surface area contributed by atoms with Gasteiger partial charge in [-0.1, -0.05) is 0 Å². The molecule has 4 rings (SSSR count). The second kappa shape index (κ2) is 8.52. The van der Waals surface area contributed by atoms with E-state index in [1.807, 2.05) is 0 Å². The first-order valence-electron chi connectivity index (χ1n) is 9.40. The van der Waals surface area contributed by atoms with Crippen LogP contribution in [0.3, 0.4) is 0 Å². The molecule has 0 radical (unpaired) electrons. The zero-order valence-electron chi connectivity index (χ0n) is 16.6. The number of aliphatic hydroxyl groups is 2. The Labute approximate surface area is 175 Å². The van der Waals surface area contributed by atoms with Gasteiger partial charge in [-0.05, 0) is 0 Å². The lowest BCUT2D eigenvalue weighted by molar-refractivity contribution is -0.0342. The van der Waals surface area contributed by atoms with E-state index in [0.717, 1.165) is 0 Å². The quantitative estimate of drug-likeness (QED) is 0.264. The third-order valence-corrected chi connectivity index (χ3v) is 5.03. The zero-order chi connectivity index (χ0) is 22.1. The number of hydrogen-bond acceptors (Lipinski definition) is 12. The fourth-order valence-electron chi connectivity index (χ4n) is 3.45. The highest BCUT2D eigenvalue weighted by molar-refractivity contribution is 5.81. The molecule has 0 bridgehead atoms. The van der Waals surface area contributed by atoms with E-state index in [2.05, 4.69) is 25.3 Å². The maximum atomic E-state index is 11.8. The van der Waals surface area contributed by atoms with Crippen LogP contribution in [0.25, 0.3) is 11.2 Å². The second-order valence-corrected chi connectivity index (χ2v) is 7.08. The van der Waals surface area contributed by atoms with E-state index in [1.54, 1.807) is 6.20 Å². The normalized spacial score (nSPS) is 23.6. The van der Waals surface area contributed by atoms with Crippen molar-refractivity contribution < 1.29 is 19.7 Å². The van der Waals surface area contributed by atoms with Gasteiger partial charge in [-0.3, -0.25) is 9.13 Å². The van der Waals surface area contributed by atoms with Gasteiger partial charge in [-0.15, -0.1) is 0 Å². The predicted molar refractivity (Wildman–Crippen MR) is 107 cm³/mol. The molecule has 1 aliphatic rings. The molecule has 31 heavy (non-hydrogen) atoms. The largest absolute Gasteiger partial charge is 0.387 e. The summed E-state index contributed by atoms with van der Waals surface area (Å²) < 4.78 is 13.6. The van der Waals surface area contributed by atoms with Gasteiger partial charge in [-0.2, -0.15) is 4.98 Å². The molecule has 1 saturated heterocycles. The Morgan fingerprint density at radius 1 is 1.23 bits per heavy atom. The minimum atomic E-state index is -1.21. The van der Waals surface area contributed by atoms with E-state index in [1.165, 1.54) is 28.9 Å². The molecule has 3 aromatic heterocycles. The van der Waals surface area contributed by atoms with E-state index in [0.29, 0.717) is 16.7 Å². The lowest BCUT2D eigenvalue weighted by atomic mass is 10.1. The Bertz CT molecular complexity index is 1130. The van der Waals surface area contributed by atoms with Crippen LogP contribution in [0.15, 0.2) is 23.6 Å². The Morgan fingerprint density at radius 3 is 2.81 bits per heavy atom. The molecular formula is C17H23N9O5. The standard InChI is InChI=1S/C17H23N9O5/c1-30-7-25-4-8(13(18)24-17(25)29)2-20-3-9-11(27)12(28)16(31-9)26-6-23-10-14(19)21-5-22-15(10)26/h4-6,9,11-12,16,20,27-28H,2-3,7H2,1H3,(H2,18,24,29)(H2,19,21,22)/t9-,11+,12+,16-/m1/s1. The van der Waals surface area contributed by atoms with Crippen molar-refractivity contribution in [3.05, 3.63) is 34.9 Å². The van der Waals surface area contributed by atoms with Crippen LogP contribution in [-0.2, 0) is 22.7 Å². The first kappa shape index (κ1) is 21.1. The van der Waals surface area contributed by atoms with Gasteiger partial charge in [0.05, 0.1) is 6.33 Å². The highest BCUT2D eigenvalue weighted by atomic mass is 16.6. The molecule has 0 amide bonds. The Kier molecular flexibility index (Phi) is 5.79. The van der Waals surface area contributed by atoms with Crippen LogP contribution in [0, 0.1) is 0 Å². The molecule has 1 aliphatic heterocycles. The Morgan fingerprint density at radius 2 is 2.03 bits per heavy atom. The van der Waals surface area contributed by atoms with Crippen LogP contribution in [0.1, 0.15) is 11.8 Å². The molecule has 0 saturated carbocycles. The maximum Gasteiger partial charge on any atom is 0.351 e. The third-order valence-electron chi connectivity index (χ3n) is 5.03. The number of methoxy groups -OCH3 is 1. The molecule has 4 atom stereocenters. The summed E-state index contributed by atoms with van der Waals surface area (Å²) in [5.74, 6) is 0.300. The average molecular weight is 433 g/mol. The smallest absolute Gasteiger partial charge is 0.351 e. The molecule has 1 fully saturated rings. The molecule has 166 valence electrons. The molecule has 0 aromatic carbocycles. The van der Waals surface area contributed by atoms with Crippen molar-refractivity contribution in [2.45, 2.75) is 37.8 Å². The van der Waals surface area contributed by atoms with E-state index < -0.39 is 30.2 Å². The third kappa shape index (κ3) is 3.94. The minimum Gasteiger partial charge on any atom is -0.387 e. The van der Waals surface area contributed by atoms with Crippen LogP contribution in [-0.4, -0.2) is 71.2 Å². The Hall–Kier alpha value is -3.17. The van der Waals surface area contributed by atoms with E-state index >= 15 is 0 Å². The first-order valence-corrected chi connectivity index (χ1v) is 9.40. The van der Waals surface area contributed by atoms with Crippen molar-refractivity contribution in [1.29, 1.82) is 0 Å². The number of nitrogens with zero attached hydrogens (tertiary/aromatic N) is 6. The van der Waals surface area contributed by atoms with Crippen LogP contribution < -0.4 is 22.5 Å². The molecule has 0 spiro atoms. The predicted octanol–water partition coefficient (Wildman–Crippen LogP) is -2.44. The van der Waals surface area contributed by atoms with Gasteiger partial charge in [-0.25, -0.2) is 19.7 Å². The fourth-order valence-corrected chi connectivity index (χ4v) is 3.45. The van der Waals surface area contributed by atoms with Gasteiger partial charge in [0.15, 0.2) is 17.7 Å². The van der Waals surface area contributed by atoms with Gasteiger partial charge in [0.25, 0.3) is 0 Å². The number of rotatable bonds is 7. The zero-order valence-corrected chi connectivity index (χ0v) is 16.6. The summed E-state index contributed by atoms with van der Waals surface area (Å²) in [6, 6.07) is 0. The molecule has 3 aromatic rings. The SMILES string of the molecule is COCn1cc(CNC[C@H]2O[C@@H](n3cnc4c(N)ncnc43)[C@@H](O)[C@H]2O)c(N)nc1=O. The number of aromatic nitrogens is 6. The lowest BCUT2D eigenvalue weighted by Gasteiger charge is -2.17. The number of imidazole rings is 1. The second-order valence-electron chi connectivity index (χ2n) is 7.08. The van der Waals surface area contributed by atoms with E-state index in [4.69, 9.17) is 20.9 Å². The van der Waals surface area contributed by atoms with Crippen LogP contribution in [0.2, 0.25) is 0 Å². The van der Waals surface area contributed by atoms with Crippen molar-refractivity contribution in [2.75, 3.05) is 25.1 Å². The number of nitrogens with one attached hydrogen (secondary N) is 1. The summed E-state index contributed by atoms with van der Waals surface area (Å²) in [4.78, 5) is 27.7. The highest BCUT2D eigenvalue weighted by Crippen LogP contribution is 2.31. The number of fused-ring (bicyclic) bond motifs is 1. The van der Waals surface area contributed by atoms with Crippen LogP contribution in [0.4, 0.5) is 11.6 Å². The van der Waals surface area contributed by atoms with Gasteiger partial charge >= 0.3 is 5.69 Å². The summed E-state index contributed by atoms with van der Waals surface area (Å²) in [6.07, 6.45) is 0.257. The number of hydrogen-bond donors (Lipinski definition) is 5. The van der Waals surface area contributed by atoms with Crippen LogP contribution in [0.5, 0.6) is 0 Å². The van der Waals surface area contributed by atoms with Crippen molar-refractivity contribution >= 4 is 22.8 Å². The van der Waals surface area contributed by atoms with Gasteiger partial charge < -0.3 is 36.5 Å². The van der Waals surface area contributed by atoms with Crippen molar-refractivity contribution in [2.24, 2.45) is 0 Å². The number of aliphatic hydroxyl groups excluding tert-OH is 2. The number of anilines is 2. The molecule has 14 nitrogen and oxygen atoms in total. The van der Waals surface area contributed by atoms with Crippen molar-refractivity contribution in [3.8, 4) is 0 Å². The van der Waals surface area contributed by atoms with Crippen LogP contribution >= 0.6 is 0 Å². The summed E-state index contributed by atoms with van der Waals surface area (Å²) in [7, 11) is 1.46. The first-order chi connectivity index (χ1) is 14.9. The topological polar surface area (TPSA) is 201 Å². The van der Waals surface area contributed by atoms with Gasteiger partial charge in [0.2, 0.25) is 0 Å². The maximum absolute atomic E-state index is 11.8. The van der Waals surface area contributed by atoms with Gasteiger partial charge in [0.1, 0.15) is 42.7 Å². The molecular weight excluding hydrogens is 410 g/mol. The molecule has 0 aliphatic carbocycles. The summed E-state index contributed by atoms with van der Waals surface area (Å²) in [6.45, 7) is 0.500. The van der Waals surface area contributed by atoms with E-state index in [9.17, 15) is 15.0 Å². The summed E-state index contributed by atoms with van der Waals surface area (Å²) in [5.41, 5.74) is 12.4. The lowest BCUT2D eigenvalue weighted by Crippen LogP contribution is -2.37. The molecule has 4 heterocycles. The minimum absolute atomic E-state index is 0.0460. The number of nitrogen functional groups attached to an aromatic ring is 2. The monoisotopic (exact) mass is 433 g/mol. The van der Waals surface area contributed by atoms with E-state index in [-0.39, 0.29) is 31.5 Å². The fraction of sp³-hybridized carbons (Fsp3) is 0.471. The number of nitrogens with two attached hydrogens (primary N) is 2.